The van der Waals surface area contributed by atoms with Crippen LogP contribution in [0.2, 0.25) is 0 Å². The highest BCUT2D eigenvalue weighted by Crippen LogP contribution is 2.21. The lowest BCUT2D eigenvalue weighted by Crippen LogP contribution is -2.26. The van der Waals surface area contributed by atoms with Crippen LogP contribution in [0.25, 0.3) is 0 Å². The van der Waals surface area contributed by atoms with E-state index in [1.807, 2.05) is 0 Å². The van der Waals surface area contributed by atoms with Crippen molar-refractivity contribution in [3.05, 3.63) is 59.7 Å². The molecular weight excluding hydrogens is 400 g/mol. The number of alkyl halides is 2. The van der Waals surface area contributed by atoms with Crippen molar-refractivity contribution in [1.82, 2.24) is 4.31 Å². The van der Waals surface area contributed by atoms with Crippen LogP contribution < -0.4 is 4.74 Å². The summed E-state index contributed by atoms with van der Waals surface area (Å²) in [6, 6.07) is 11.4. The van der Waals surface area contributed by atoms with Crippen LogP contribution in [0.5, 0.6) is 5.75 Å². The summed E-state index contributed by atoms with van der Waals surface area (Å²) in [6.45, 7) is -2.92. The van der Waals surface area contributed by atoms with Crippen molar-refractivity contribution in [2.75, 3.05) is 13.3 Å². The second-order valence-electron chi connectivity index (χ2n) is 6.00. The van der Waals surface area contributed by atoms with Gasteiger partial charge in [0.25, 0.3) is 0 Å². The van der Waals surface area contributed by atoms with Crippen molar-refractivity contribution in [2.24, 2.45) is 0 Å². The van der Waals surface area contributed by atoms with E-state index in [4.69, 9.17) is 0 Å². The van der Waals surface area contributed by atoms with Crippen molar-refractivity contribution in [2.45, 2.75) is 23.8 Å². The van der Waals surface area contributed by atoms with Gasteiger partial charge in [0.15, 0.2) is 9.84 Å². The number of sulfonamides is 1. The molecule has 148 valence electrons. The molecule has 0 radical (unpaired) electrons. The van der Waals surface area contributed by atoms with E-state index in [1.54, 1.807) is 6.07 Å². The maximum atomic E-state index is 12.7. The Morgan fingerprint density at radius 2 is 1.63 bits per heavy atom. The molecule has 0 heterocycles. The number of nitrogens with zero attached hydrogens (tertiary/aromatic N) is 1. The third kappa shape index (κ3) is 6.26. The van der Waals surface area contributed by atoms with Crippen molar-refractivity contribution in [3.63, 3.8) is 0 Å². The molecule has 0 unspecified atom stereocenters. The van der Waals surface area contributed by atoms with Crippen molar-refractivity contribution in [3.8, 4) is 5.75 Å². The fourth-order valence-corrected chi connectivity index (χ4v) is 4.41. The molecule has 0 N–H and O–H groups in total. The first kappa shape index (κ1) is 21.3. The summed E-state index contributed by atoms with van der Waals surface area (Å²) in [5, 5.41) is 0. The van der Waals surface area contributed by atoms with E-state index in [0.717, 1.165) is 10.6 Å². The topological polar surface area (TPSA) is 80.8 Å². The largest absolute Gasteiger partial charge is 0.435 e. The van der Waals surface area contributed by atoms with Crippen LogP contribution in [0.1, 0.15) is 11.1 Å². The standard InChI is InChI=1S/C17H19F2NO5S2/c1-20(11-13-6-8-15(9-7-13)25-17(18)19)27(23,24)16-5-3-4-14(10-16)12-26(2,21)22/h3-10,17H,11-12H2,1-2H3. The van der Waals surface area contributed by atoms with E-state index in [0.29, 0.717) is 11.1 Å². The molecule has 0 aliphatic rings. The molecule has 0 atom stereocenters. The molecule has 0 saturated heterocycles. The molecule has 0 aromatic heterocycles. The number of benzene rings is 2. The quantitative estimate of drug-likeness (QED) is 0.657. The summed E-state index contributed by atoms with van der Waals surface area (Å²) < 4.78 is 77.9. The maximum Gasteiger partial charge on any atom is 0.387 e. The monoisotopic (exact) mass is 419 g/mol. The Balaban J connectivity index is 2.17. The highest BCUT2D eigenvalue weighted by molar-refractivity contribution is 7.90. The van der Waals surface area contributed by atoms with Gasteiger partial charge in [0.1, 0.15) is 5.75 Å². The minimum Gasteiger partial charge on any atom is -0.435 e. The molecule has 6 nitrogen and oxygen atoms in total. The molecule has 0 fully saturated rings. The van der Waals surface area contributed by atoms with Crippen LogP contribution in [-0.2, 0) is 32.2 Å². The van der Waals surface area contributed by atoms with Gasteiger partial charge < -0.3 is 4.74 Å². The van der Waals surface area contributed by atoms with Gasteiger partial charge in [0.2, 0.25) is 10.0 Å². The van der Waals surface area contributed by atoms with Gasteiger partial charge in [-0.1, -0.05) is 24.3 Å². The van der Waals surface area contributed by atoms with E-state index in [9.17, 15) is 25.6 Å². The average molecular weight is 419 g/mol. The third-order valence-corrected chi connectivity index (χ3v) is 6.25. The molecule has 0 spiro atoms. The second-order valence-corrected chi connectivity index (χ2v) is 10.2. The predicted molar refractivity (Wildman–Crippen MR) is 96.7 cm³/mol. The molecule has 0 bridgehead atoms. The minimum absolute atomic E-state index is 0.00754. The molecule has 0 aliphatic carbocycles. The van der Waals surface area contributed by atoms with Gasteiger partial charge in [-0.2, -0.15) is 13.1 Å². The summed E-state index contributed by atoms with van der Waals surface area (Å²) in [5.74, 6) is -0.279. The number of sulfone groups is 1. The Bertz CT molecular complexity index is 990. The highest BCUT2D eigenvalue weighted by Gasteiger charge is 2.21. The van der Waals surface area contributed by atoms with E-state index >= 15 is 0 Å². The maximum absolute atomic E-state index is 12.7. The lowest BCUT2D eigenvalue weighted by Gasteiger charge is -2.18. The first-order valence-electron chi connectivity index (χ1n) is 7.74. The van der Waals surface area contributed by atoms with Gasteiger partial charge in [-0.3, -0.25) is 0 Å². The Morgan fingerprint density at radius 1 is 1.00 bits per heavy atom. The number of hydrogen-bond acceptors (Lipinski definition) is 5. The molecule has 10 heteroatoms. The van der Waals surface area contributed by atoms with Crippen LogP contribution in [-0.4, -0.2) is 41.1 Å². The number of halogens is 2. The zero-order valence-electron chi connectivity index (χ0n) is 14.7. The van der Waals surface area contributed by atoms with Crippen LogP contribution in [0.3, 0.4) is 0 Å². The van der Waals surface area contributed by atoms with E-state index in [-0.39, 0.29) is 22.9 Å². The molecule has 2 aromatic rings. The van der Waals surface area contributed by atoms with Crippen LogP contribution in [0, 0.1) is 0 Å². The van der Waals surface area contributed by atoms with Crippen LogP contribution >= 0.6 is 0 Å². The van der Waals surface area contributed by atoms with Crippen LogP contribution in [0.15, 0.2) is 53.4 Å². The van der Waals surface area contributed by atoms with Crippen LogP contribution in [0.4, 0.5) is 8.78 Å². The normalized spacial score (nSPS) is 12.5. The molecule has 27 heavy (non-hydrogen) atoms. The first-order chi connectivity index (χ1) is 12.5. The lowest BCUT2D eigenvalue weighted by atomic mass is 10.2. The van der Waals surface area contributed by atoms with Crippen molar-refractivity contribution >= 4 is 19.9 Å². The minimum atomic E-state index is -3.86. The fraction of sp³-hybridized carbons (Fsp3) is 0.294. The lowest BCUT2D eigenvalue weighted by molar-refractivity contribution is -0.0498. The fourth-order valence-electron chi connectivity index (χ4n) is 2.40. The molecule has 2 rings (SSSR count). The summed E-state index contributed by atoms with van der Waals surface area (Å²) in [7, 11) is -5.77. The van der Waals surface area contributed by atoms with Gasteiger partial charge in [0.05, 0.1) is 10.6 Å². The zero-order valence-corrected chi connectivity index (χ0v) is 16.3. The number of ether oxygens (including phenoxy) is 1. The predicted octanol–water partition coefficient (Wildman–Crippen LogP) is 2.65. The molecular formula is C17H19F2NO5S2. The van der Waals surface area contributed by atoms with Gasteiger partial charge in [-0.05, 0) is 35.4 Å². The number of hydrogen-bond donors (Lipinski definition) is 0. The summed E-state index contributed by atoms with van der Waals surface area (Å²) in [4.78, 5) is -0.0243. The SMILES string of the molecule is CN(Cc1ccc(OC(F)F)cc1)S(=O)(=O)c1cccc(CS(C)(=O)=O)c1. The Kier molecular flexibility index (Phi) is 6.55. The summed E-state index contributed by atoms with van der Waals surface area (Å²) in [6.07, 6.45) is 1.07. The summed E-state index contributed by atoms with van der Waals surface area (Å²) >= 11 is 0. The molecule has 0 saturated carbocycles. The third-order valence-electron chi connectivity index (χ3n) is 3.59. The number of rotatable bonds is 8. The van der Waals surface area contributed by atoms with Gasteiger partial charge in [-0.25, -0.2) is 16.8 Å². The van der Waals surface area contributed by atoms with E-state index in [1.165, 1.54) is 49.5 Å². The molecule has 2 aromatic carbocycles. The van der Waals surface area contributed by atoms with Gasteiger partial charge in [0, 0.05) is 19.8 Å². The van der Waals surface area contributed by atoms with Gasteiger partial charge >= 0.3 is 6.61 Å². The Morgan fingerprint density at radius 3 is 2.19 bits per heavy atom. The average Bonchev–Trinajstić information content (AvgIpc) is 2.54. The highest BCUT2D eigenvalue weighted by atomic mass is 32.2. The Hall–Kier alpha value is -2.04. The zero-order chi connectivity index (χ0) is 20.2. The van der Waals surface area contributed by atoms with Crippen molar-refractivity contribution in [1.29, 1.82) is 0 Å². The second kappa shape index (κ2) is 8.32. The smallest absolute Gasteiger partial charge is 0.387 e. The first-order valence-corrected chi connectivity index (χ1v) is 11.2. The van der Waals surface area contributed by atoms with Gasteiger partial charge in [-0.15, -0.1) is 0 Å². The van der Waals surface area contributed by atoms with E-state index < -0.39 is 26.5 Å². The van der Waals surface area contributed by atoms with E-state index in [2.05, 4.69) is 4.74 Å². The molecule has 0 aliphatic heterocycles. The Labute approximate surface area is 157 Å². The van der Waals surface area contributed by atoms with Crippen molar-refractivity contribution < 1.29 is 30.4 Å². The molecule has 0 amide bonds. The summed E-state index contributed by atoms with van der Waals surface area (Å²) in [5.41, 5.74) is 0.954.